The van der Waals surface area contributed by atoms with Gasteiger partial charge in [0.05, 0.1) is 18.3 Å². The van der Waals surface area contributed by atoms with Crippen LogP contribution in [-0.2, 0) is 4.79 Å². The van der Waals surface area contributed by atoms with E-state index in [1.165, 1.54) is 0 Å². The summed E-state index contributed by atoms with van der Waals surface area (Å²) in [5, 5.41) is 12.4. The van der Waals surface area contributed by atoms with Gasteiger partial charge in [0.25, 0.3) is 0 Å². The van der Waals surface area contributed by atoms with Crippen molar-refractivity contribution >= 4 is 23.3 Å². The van der Waals surface area contributed by atoms with Crippen molar-refractivity contribution in [2.75, 3.05) is 36.5 Å². The highest BCUT2D eigenvalue weighted by atomic mass is 16.5. The number of rotatable bonds is 13. The third-order valence-corrected chi connectivity index (χ3v) is 7.74. The van der Waals surface area contributed by atoms with Crippen molar-refractivity contribution in [3.63, 3.8) is 0 Å². The highest BCUT2D eigenvalue weighted by molar-refractivity contribution is 6.01. The molecule has 224 valence electrons. The van der Waals surface area contributed by atoms with E-state index in [0.29, 0.717) is 25.3 Å². The standard InChI is InChI=1S/C35H45N3O4/c1-6-7-19-37-31-18-9-8-15-30(31)34(26-13-10-14-27(22-26)42-21-12-20-39)38(35(37)41)23-32(40)36-33-28(24(2)3)16-11-17-29(33)25(4)5/h8-11,13-18,22,24-25,34,39H,6-7,12,19-21,23H2,1-5H3,(H,36,40). The van der Waals surface area contributed by atoms with Gasteiger partial charge in [-0.05, 0) is 53.1 Å². The average Bonchev–Trinajstić information content (AvgIpc) is 2.97. The van der Waals surface area contributed by atoms with Gasteiger partial charge in [-0.1, -0.05) is 89.6 Å². The highest BCUT2D eigenvalue weighted by Crippen LogP contribution is 2.41. The molecule has 42 heavy (non-hydrogen) atoms. The molecular weight excluding hydrogens is 526 g/mol. The molecule has 0 bridgehead atoms. The van der Waals surface area contributed by atoms with Crippen LogP contribution in [0.25, 0.3) is 0 Å². The fourth-order valence-electron chi connectivity index (χ4n) is 5.61. The molecule has 3 aromatic carbocycles. The van der Waals surface area contributed by atoms with Crippen LogP contribution in [0.5, 0.6) is 5.75 Å². The van der Waals surface area contributed by atoms with Crippen LogP contribution in [0.4, 0.5) is 16.2 Å². The predicted molar refractivity (Wildman–Crippen MR) is 170 cm³/mol. The van der Waals surface area contributed by atoms with Gasteiger partial charge in [0.15, 0.2) is 0 Å². The molecule has 7 nitrogen and oxygen atoms in total. The minimum atomic E-state index is -0.469. The van der Waals surface area contributed by atoms with Crippen LogP contribution in [0.15, 0.2) is 66.7 Å². The molecule has 0 saturated carbocycles. The number of amides is 3. The number of fused-ring (bicyclic) bond motifs is 1. The van der Waals surface area contributed by atoms with Gasteiger partial charge in [0.1, 0.15) is 12.3 Å². The fraction of sp³-hybridized carbons (Fsp3) is 0.429. The smallest absolute Gasteiger partial charge is 0.325 e. The topological polar surface area (TPSA) is 82.1 Å². The predicted octanol–water partition coefficient (Wildman–Crippen LogP) is 7.46. The first-order valence-corrected chi connectivity index (χ1v) is 15.2. The zero-order valence-corrected chi connectivity index (χ0v) is 25.6. The Morgan fingerprint density at radius 3 is 2.31 bits per heavy atom. The summed E-state index contributed by atoms with van der Waals surface area (Å²) in [6.45, 7) is 11.5. The van der Waals surface area contributed by atoms with Crippen LogP contribution in [0.1, 0.15) is 94.0 Å². The number of anilines is 2. The average molecular weight is 572 g/mol. The summed E-state index contributed by atoms with van der Waals surface area (Å²) in [5.41, 5.74) is 5.72. The molecule has 0 aromatic heterocycles. The molecule has 3 aromatic rings. The second-order valence-electron chi connectivity index (χ2n) is 11.5. The number of urea groups is 1. The van der Waals surface area contributed by atoms with Gasteiger partial charge < -0.3 is 20.1 Å². The van der Waals surface area contributed by atoms with Gasteiger partial charge in [0, 0.05) is 30.8 Å². The Kier molecular flexibility index (Phi) is 10.6. The van der Waals surface area contributed by atoms with Crippen molar-refractivity contribution in [3.05, 3.63) is 89.0 Å². The molecule has 0 aliphatic carbocycles. The number of nitrogens with zero attached hydrogens (tertiary/aromatic N) is 2. The molecule has 1 aliphatic rings. The van der Waals surface area contributed by atoms with E-state index in [2.05, 4.69) is 52.1 Å². The third-order valence-electron chi connectivity index (χ3n) is 7.74. The summed E-state index contributed by atoms with van der Waals surface area (Å²) < 4.78 is 5.88. The first-order valence-electron chi connectivity index (χ1n) is 15.2. The van der Waals surface area contributed by atoms with E-state index in [9.17, 15) is 14.7 Å². The van der Waals surface area contributed by atoms with Gasteiger partial charge >= 0.3 is 6.03 Å². The normalized spacial score (nSPS) is 14.9. The lowest BCUT2D eigenvalue weighted by Gasteiger charge is -2.42. The minimum absolute atomic E-state index is 0.0547. The number of hydrogen-bond donors (Lipinski definition) is 2. The Bertz CT molecular complexity index is 1340. The Labute approximate surface area is 250 Å². The van der Waals surface area contributed by atoms with Gasteiger partial charge in [-0.15, -0.1) is 0 Å². The second kappa shape index (κ2) is 14.4. The molecule has 2 N–H and O–H groups in total. The van der Waals surface area contributed by atoms with Gasteiger partial charge in [-0.25, -0.2) is 4.79 Å². The Hall–Kier alpha value is -3.84. The number of ether oxygens (including phenoxy) is 1. The van der Waals surface area contributed by atoms with E-state index < -0.39 is 6.04 Å². The summed E-state index contributed by atoms with van der Waals surface area (Å²) in [7, 11) is 0. The number of unbranched alkanes of at least 4 members (excludes halogenated alkanes) is 1. The maximum Gasteiger partial charge on any atom is 0.325 e. The van der Waals surface area contributed by atoms with Crippen LogP contribution < -0.4 is 15.0 Å². The first-order chi connectivity index (χ1) is 20.3. The van der Waals surface area contributed by atoms with Crippen molar-refractivity contribution in [2.45, 2.75) is 71.8 Å². The monoisotopic (exact) mass is 571 g/mol. The number of benzene rings is 3. The van der Waals surface area contributed by atoms with Crippen molar-refractivity contribution in [3.8, 4) is 5.75 Å². The lowest BCUT2D eigenvalue weighted by atomic mass is 9.92. The van der Waals surface area contributed by atoms with Crippen LogP contribution >= 0.6 is 0 Å². The molecule has 0 radical (unpaired) electrons. The zero-order valence-electron chi connectivity index (χ0n) is 25.6. The molecule has 4 rings (SSSR count). The van der Waals surface area contributed by atoms with Crippen LogP contribution in [0.3, 0.4) is 0 Å². The number of para-hydroxylation sites is 2. The van der Waals surface area contributed by atoms with E-state index in [0.717, 1.165) is 46.5 Å². The summed E-state index contributed by atoms with van der Waals surface area (Å²) >= 11 is 0. The molecular formula is C35H45N3O4. The molecule has 3 amide bonds. The highest BCUT2D eigenvalue weighted by Gasteiger charge is 2.39. The number of nitrogens with one attached hydrogen (secondary N) is 1. The van der Waals surface area contributed by atoms with Crippen molar-refractivity contribution in [2.24, 2.45) is 0 Å². The summed E-state index contributed by atoms with van der Waals surface area (Å²) in [6.07, 6.45) is 2.34. The fourth-order valence-corrected chi connectivity index (χ4v) is 5.61. The van der Waals surface area contributed by atoms with E-state index in [1.807, 2.05) is 59.5 Å². The van der Waals surface area contributed by atoms with E-state index in [-0.39, 0.29) is 36.9 Å². The van der Waals surface area contributed by atoms with Crippen molar-refractivity contribution in [1.82, 2.24) is 4.90 Å². The van der Waals surface area contributed by atoms with E-state index >= 15 is 0 Å². The maximum atomic E-state index is 14.2. The van der Waals surface area contributed by atoms with Crippen LogP contribution in [0, 0.1) is 0 Å². The van der Waals surface area contributed by atoms with Crippen LogP contribution in [-0.4, -0.2) is 48.2 Å². The van der Waals surface area contributed by atoms with E-state index in [4.69, 9.17) is 4.74 Å². The number of aliphatic hydroxyl groups is 1. The van der Waals surface area contributed by atoms with Crippen molar-refractivity contribution in [1.29, 1.82) is 0 Å². The van der Waals surface area contributed by atoms with Gasteiger partial charge in [0.2, 0.25) is 5.91 Å². The first kappa shape index (κ1) is 31.1. The second-order valence-corrected chi connectivity index (χ2v) is 11.5. The summed E-state index contributed by atoms with van der Waals surface area (Å²) in [4.78, 5) is 31.6. The number of hydrogen-bond acceptors (Lipinski definition) is 4. The minimum Gasteiger partial charge on any atom is -0.493 e. The molecule has 0 fully saturated rings. The Balaban J connectivity index is 1.74. The van der Waals surface area contributed by atoms with Crippen LogP contribution in [0.2, 0.25) is 0 Å². The zero-order chi connectivity index (χ0) is 30.2. The Morgan fingerprint density at radius 1 is 0.952 bits per heavy atom. The quantitative estimate of drug-likeness (QED) is 0.209. The maximum absolute atomic E-state index is 14.2. The third kappa shape index (κ3) is 6.96. The van der Waals surface area contributed by atoms with Crippen molar-refractivity contribution < 1.29 is 19.4 Å². The number of carbonyl (C=O) groups is 2. The largest absolute Gasteiger partial charge is 0.493 e. The number of carbonyl (C=O) groups excluding carboxylic acids is 2. The lowest BCUT2D eigenvalue weighted by Crippen LogP contribution is -2.52. The summed E-state index contributed by atoms with van der Waals surface area (Å²) in [6, 6.07) is 21.2. The van der Waals surface area contributed by atoms with Gasteiger partial charge in [-0.2, -0.15) is 0 Å². The number of aliphatic hydroxyl groups excluding tert-OH is 1. The SMILES string of the molecule is CCCCN1C(=O)N(CC(=O)Nc2c(C(C)C)cccc2C(C)C)C(c2cccc(OCCCO)c2)c2ccccc21. The molecule has 1 unspecified atom stereocenters. The molecule has 7 heteroatoms. The molecule has 0 spiro atoms. The molecule has 0 saturated heterocycles. The molecule has 1 heterocycles. The Morgan fingerprint density at radius 2 is 1.64 bits per heavy atom. The molecule has 1 aliphatic heterocycles. The lowest BCUT2D eigenvalue weighted by molar-refractivity contribution is -0.117. The van der Waals surface area contributed by atoms with Gasteiger partial charge in [-0.3, -0.25) is 9.69 Å². The summed E-state index contributed by atoms with van der Waals surface area (Å²) in [5.74, 6) is 0.895. The molecule has 1 atom stereocenters. The van der Waals surface area contributed by atoms with E-state index in [1.54, 1.807) is 4.90 Å².